The molecule has 3 aromatic rings. The van der Waals surface area contributed by atoms with Gasteiger partial charge in [0.25, 0.3) is 0 Å². The minimum absolute atomic E-state index is 0.0790. The molecule has 0 bridgehead atoms. The highest BCUT2D eigenvalue weighted by Crippen LogP contribution is 2.46. The standard InChI is InChI=1S/C22H24N4O2S/c1-13-11-16(14(2)24-13)21-20(17-7-5-6-10-23-17)25-22(29)26(21)18-9-8-15(27-3)12-19(18)28-4/h5-12,20-21,24H,1-4H3,(H,25,29)/t20-,21-/m1/s1. The van der Waals surface area contributed by atoms with Gasteiger partial charge in [-0.1, -0.05) is 6.07 Å². The average Bonchev–Trinajstić information content (AvgIpc) is 3.25. The number of pyridine rings is 1. The van der Waals surface area contributed by atoms with E-state index in [1.54, 1.807) is 14.2 Å². The van der Waals surface area contributed by atoms with Gasteiger partial charge in [0.15, 0.2) is 5.11 Å². The van der Waals surface area contributed by atoms with Crippen LogP contribution in [0.5, 0.6) is 11.5 Å². The third-order valence-corrected chi connectivity index (χ3v) is 5.57. The number of nitrogens with zero attached hydrogens (tertiary/aromatic N) is 2. The molecule has 29 heavy (non-hydrogen) atoms. The summed E-state index contributed by atoms with van der Waals surface area (Å²) in [6.07, 6.45) is 1.81. The first-order valence-corrected chi connectivity index (χ1v) is 9.83. The van der Waals surface area contributed by atoms with Crippen molar-refractivity contribution in [2.75, 3.05) is 19.1 Å². The maximum absolute atomic E-state index is 5.79. The first kappa shape index (κ1) is 19.3. The van der Waals surface area contributed by atoms with E-state index in [2.05, 4.69) is 40.1 Å². The zero-order valence-electron chi connectivity index (χ0n) is 16.9. The molecule has 1 saturated heterocycles. The quantitative estimate of drug-likeness (QED) is 0.617. The lowest BCUT2D eigenvalue weighted by Gasteiger charge is -2.29. The third-order valence-electron chi connectivity index (χ3n) is 5.25. The van der Waals surface area contributed by atoms with E-state index < -0.39 is 0 Å². The van der Waals surface area contributed by atoms with Crippen LogP contribution in [-0.2, 0) is 0 Å². The van der Waals surface area contributed by atoms with E-state index in [0.717, 1.165) is 28.5 Å². The van der Waals surface area contributed by atoms with Crippen LogP contribution in [0.2, 0.25) is 0 Å². The summed E-state index contributed by atoms with van der Waals surface area (Å²) in [7, 11) is 3.30. The Balaban J connectivity index is 1.88. The molecule has 0 amide bonds. The zero-order valence-corrected chi connectivity index (χ0v) is 17.7. The van der Waals surface area contributed by atoms with Crippen LogP contribution in [0.25, 0.3) is 0 Å². The molecular formula is C22H24N4O2S. The second-order valence-corrected chi connectivity index (χ2v) is 7.45. The number of aromatic nitrogens is 2. The second-order valence-electron chi connectivity index (χ2n) is 7.07. The van der Waals surface area contributed by atoms with E-state index in [4.69, 9.17) is 21.7 Å². The second kappa shape index (κ2) is 7.75. The van der Waals surface area contributed by atoms with Crippen LogP contribution in [0.3, 0.4) is 0 Å². The van der Waals surface area contributed by atoms with Crippen molar-refractivity contribution in [3.8, 4) is 11.5 Å². The highest BCUT2D eigenvalue weighted by molar-refractivity contribution is 7.80. The van der Waals surface area contributed by atoms with Crippen LogP contribution in [-0.4, -0.2) is 29.3 Å². The molecular weight excluding hydrogens is 384 g/mol. The maximum atomic E-state index is 5.79. The van der Waals surface area contributed by atoms with Crippen LogP contribution in [0.1, 0.15) is 34.7 Å². The minimum atomic E-state index is -0.0931. The van der Waals surface area contributed by atoms with E-state index in [-0.39, 0.29) is 12.1 Å². The SMILES string of the molecule is COc1ccc(N2C(=S)N[C@H](c3ccccn3)[C@H]2c2cc(C)[nH]c2C)c(OC)c1. The topological polar surface area (TPSA) is 62.4 Å². The molecule has 1 fully saturated rings. The number of methoxy groups -OCH3 is 2. The molecule has 4 rings (SSSR count). The Bertz CT molecular complexity index is 1030. The predicted molar refractivity (Wildman–Crippen MR) is 118 cm³/mol. The summed E-state index contributed by atoms with van der Waals surface area (Å²) >= 11 is 5.79. The van der Waals surface area contributed by atoms with Crippen LogP contribution in [0.15, 0.2) is 48.7 Å². The normalized spacial score (nSPS) is 18.6. The number of rotatable bonds is 5. The number of anilines is 1. The lowest BCUT2D eigenvalue weighted by Crippen LogP contribution is -2.29. The summed E-state index contributed by atoms with van der Waals surface area (Å²) in [6, 6.07) is 13.7. The smallest absolute Gasteiger partial charge is 0.174 e. The molecule has 0 radical (unpaired) electrons. The Morgan fingerprint density at radius 2 is 1.90 bits per heavy atom. The highest BCUT2D eigenvalue weighted by Gasteiger charge is 2.42. The summed E-state index contributed by atoms with van der Waals surface area (Å²) < 4.78 is 11.0. The Labute approximate surface area is 175 Å². The van der Waals surface area contributed by atoms with Crippen molar-refractivity contribution in [3.63, 3.8) is 0 Å². The molecule has 0 saturated carbocycles. The number of ether oxygens (including phenoxy) is 2. The van der Waals surface area contributed by atoms with Crippen molar-refractivity contribution < 1.29 is 9.47 Å². The number of thiocarbonyl (C=S) groups is 1. The highest BCUT2D eigenvalue weighted by atomic mass is 32.1. The van der Waals surface area contributed by atoms with Gasteiger partial charge < -0.3 is 24.7 Å². The van der Waals surface area contributed by atoms with Gasteiger partial charge in [0.05, 0.1) is 37.7 Å². The fraction of sp³-hybridized carbons (Fsp3) is 0.273. The van der Waals surface area contributed by atoms with E-state index in [1.807, 2.05) is 42.6 Å². The molecule has 0 spiro atoms. The van der Waals surface area contributed by atoms with Gasteiger partial charge in [0.1, 0.15) is 11.5 Å². The summed E-state index contributed by atoms with van der Waals surface area (Å²) in [6.45, 7) is 4.15. The van der Waals surface area contributed by atoms with Gasteiger partial charge in [-0.2, -0.15) is 0 Å². The van der Waals surface area contributed by atoms with Gasteiger partial charge in [-0.25, -0.2) is 0 Å². The number of hydrogen-bond acceptors (Lipinski definition) is 4. The number of aryl methyl sites for hydroxylation is 2. The summed E-state index contributed by atoms with van der Waals surface area (Å²) in [5.74, 6) is 1.43. The lowest BCUT2D eigenvalue weighted by atomic mass is 9.96. The lowest BCUT2D eigenvalue weighted by molar-refractivity contribution is 0.394. The average molecular weight is 409 g/mol. The Morgan fingerprint density at radius 1 is 1.07 bits per heavy atom. The Kier molecular flexibility index (Phi) is 5.15. The maximum Gasteiger partial charge on any atom is 0.174 e. The first-order valence-electron chi connectivity index (χ1n) is 9.42. The summed E-state index contributed by atoms with van der Waals surface area (Å²) in [5, 5.41) is 4.11. The van der Waals surface area contributed by atoms with E-state index in [0.29, 0.717) is 10.9 Å². The molecule has 7 heteroatoms. The largest absolute Gasteiger partial charge is 0.497 e. The van der Waals surface area contributed by atoms with Crippen molar-refractivity contribution in [2.24, 2.45) is 0 Å². The molecule has 0 aliphatic carbocycles. The van der Waals surface area contributed by atoms with Gasteiger partial charge >= 0.3 is 0 Å². The molecule has 1 aliphatic rings. The molecule has 3 heterocycles. The predicted octanol–water partition coefficient (Wildman–Crippen LogP) is 4.22. The molecule has 6 nitrogen and oxygen atoms in total. The molecule has 1 aromatic carbocycles. The number of hydrogen-bond donors (Lipinski definition) is 2. The fourth-order valence-corrected chi connectivity index (χ4v) is 4.31. The molecule has 150 valence electrons. The molecule has 2 aromatic heterocycles. The summed E-state index contributed by atoms with van der Waals surface area (Å²) in [5.41, 5.74) is 5.21. The monoisotopic (exact) mass is 408 g/mol. The first-order chi connectivity index (χ1) is 14.0. The van der Waals surface area contributed by atoms with Gasteiger partial charge in [-0.05, 0) is 62.0 Å². The number of aromatic amines is 1. The van der Waals surface area contributed by atoms with Crippen LogP contribution in [0, 0.1) is 13.8 Å². The fourth-order valence-electron chi connectivity index (χ4n) is 3.97. The van der Waals surface area contributed by atoms with E-state index >= 15 is 0 Å². The van der Waals surface area contributed by atoms with Gasteiger partial charge in [0.2, 0.25) is 0 Å². The van der Waals surface area contributed by atoms with Crippen molar-refractivity contribution in [2.45, 2.75) is 25.9 Å². The third kappa shape index (κ3) is 3.42. The summed E-state index contributed by atoms with van der Waals surface area (Å²) in [4.78, 5) is 10.1. The van der Waals surface area contributed by atoms with Gasteiger partial charge in [-0.15, -0.1) is 0 Å². The van der Waals surface area contributed by atoms with Crippen LogP contribution >= 0.6 is 12.2 Å². The molecule has 0 unspecified atom stereocenters. The van der Waals surface area contributed by atoms with E-state index in [1.165, 1.54) is 5.56 Å². The molecule has 2 atom stereocenters. The number of benzene rings is 1. The minimum Gasteiger partial charge on any atom is -0.497 e. The van der Waals surface area contributed by atoms with Gasteiger partial charge in [0, 0.05) is 23.7 Å². The van der Waals surface area contributed by atoms with Crippen LogP contribution in [0.4, 0.5) is 5.69 Å². The van der Waals surface area contributed by atoms with Crippen molar-refractivity contribution >= 4 is 23.0 Å². The van der Waals surface area contributed by atoms with Crippen molar-refractivity contribution in [3.05, 3.63) is 71.3 Å². The number of H-pyrrole nitrogens is 1. The van der Waals surface area contributed by atoms with E-state index in [9.17, 15) is 0 Å². The van der Waals surface area contributed by atoms with Crippen LogP contribution < -0.4 is 19.7 Å². The molecule has 1 aliphatic heterocycles. The Morgan fingerprint density at radius 3 is 2.52 bits per heavy atom. The molecule has 2 N–H and O–H groups in total. The Hall–Kier alpha value is -3.06. The zero-order chi connectivity index (χ0) is 20.5. The number of nitrogens with one attached hydrogen (secondary N) is 2. The van der Waals surface area contributed by atoms with Crippen molar-refractivity contribution in [1.29, 1.82) is 0 Å². The van der Waals surface area contributed by atoms with Gasteiger partial charge in [-0.3, -0.25) is 4.98 Å². The van der Waals surface area contributed by atoms with Crippen molar-refractivity contribution in [1.82, 2.24) is 15.3 Å².